The second-order valence-corrected chi connectivity index (χ2v) is 8.99. The normalized spacial score (nSPS) is 17.1. The number of pyridine rings is 1. The van der Waals surface area contributed by atoms with Crippen molar-refractivity contribution in [2.45, 2.75) is 12.5 Å². The van der Waals surface area contributed by atoms with Gasteiger partial charge in [-0.2, -0.15) is 0 Å². The second kappa shape index (κ2) is 7.07. The molecule has 1 unspecified atom stereocenters. The van der Waals surface area contributed by atoms with Crippen molar-refractivity contribution in [3.8, 4) is 11.1 Å². The Kier molecular flexibility index (Phi) is 4.72. The van der Waals surface area contributed by atoms with Crippen LogP contribution < -0.4 is 9.86 Å². The van der Waals surface area contributed by atoms with Gasteiger partial charge in [0.15, 0.2) is 0 Å². The van der Waals surface area contributed by atoms with Gasteiger partial charge in [-0.1, -0.05) is 30.3 Å². The van der Waals surface area contributed by atoms with E-state index in [9.17, 15) is 13.2 Å². The number of rotatable bonds is 4. The molecule has 0 saturated carbocycles. The summed E-state index contributed by atoms with van der Waals surface area (Å²) < 4.78 is 33.4. The van der Waals surface area contributed by atoms with Crippen molar-refractivity contribution in [2.24, 2.45) is 7.05 Å². The molecule has 1 atom stereocenters. The Morgan fingerprint density at radius 2 is 1.86 bits per heavy atom. The highest BCUT2D eigenvalue weighted by Crippen LogP contribution is 2.32. The predicted octanol–water partition coefficient (Wildman–Crippen LogP) is 2.76. The molecule has 0 bridgehead atoms. The molecular weight excluding hydrogens is 376 g/mol. The maximum atomic E-state index is 12.5. The van der Waals surface area contributed by atoms with Crippen molar-refractivity contribution >= 4 is 26.5 Å². The van der Waals surface area contributed by atoms with Gasteiger partial charge < -0.3 is 9.30 Å². The molecule has 0 amide bonds. The fourth-order valence-electron chi connectivity index (χ4n) is 3.84. The topological polar surface area (TPSA) is 68.6 Å². The summed E-state index contributed by atoms with van der Waals surface area (Å²) in [6.07, 6.45) is 3.69. The molecule has 0 radical (unpaired) electrons. The van der Waals surface area contributed by atoms with Crippen LogP contribution in [0.25, 0.3) is 21.9 Å². The summed E-state index contributed by atoms with van der Waals surface area (Å²) in [5, 5.41) is 1.48. The molecule has 1 aromatic heterocycles. The van der Waals surface area contributed by atoms with Crippen LogP contribution in [0.15, 0.2) is 59.5 Å². The molecule has 2 aromatic carbocycles. The zero-order valence-corrected chi connectivity index (χ0v) is 16.6. The molecule has 1 aliphatic rings. The minimum atomic E-state index is -3.46. The smallest absolute Gasteiger partial charge is 0.258 e. The summed E-state index contributed by atoms with van der Waals surface area (Å²) in [7, 11) is -1.74. The van der Waals surface area contributed by atoms with Gasteiger partial charge in [0.2, 0.25) is 10.0 Å². The summed E-state index contributed by atoms with van der Waals surface area (Å²) in [5.74, 6) is 0. The summed E-state index contributed by atoms with van der Waals surface area (Å²) in [6, 6.07) is 14.7. The molecular formula is C21H22N2O4S. The van der Waals surface area contributed by atoms with Crippen LogP contribution in [-0.4, -0.2) is 38.5 Å². The molecule has 0 spiro atoms. The first kappa shape index (κ1) is 18.7. The number of fused-ring (bicyclic) bond motifs is 1. The highest BCUT2D eigenvalue weighted by atomic mass is 32.2. The maximum absolute atomic E-state index is 12.5. The Hall–Kier alpha value is -2.64. The average molecular weight is 398 g/mol. The lowest BCUT2D eigenvalue weighted by Crippen LogP contribution is -2.40. The monoisotopic (exact) mass is 398 g/mol. The van der Waals surface area contributed by atoms with Gasteiger partial charge in [-0.25, -0.2) is 8.42 Å². The fourth-order valence-corrected chi connectivity index (χ4v) is 5.04. The summed E-state index contributed by atoms with van der Waals surface area (Å²) in [6.45, 7) is 0.946. The number of hydrogen-bond acceptors (Lipinski definition) is 4. The third-order valence-corrected chi connectivity index (χ3v) is 6.32. The Morgan fingerprint density at radius 3 is 2.54 bits per heavy atom. The standard InChI is InChI=1S/C21H22N2O4S/c1-22-13-20(18-8-3-4-9-19(18)21(22)24)15-6-5-7-16(12-15)23(28(2,25)26)17-10-11-27-14-17/h3-9,12-13,17H,10-11,14H2,1-2H3. The summed E-state index contributed by atoms with van der Waals surface area (Å²) in [4.78, 5) is 12.5. The fraction of sp³-hybridized carbons (Fsp3) is 0.286. The Balaban J connectivity index is 1.89. The summed E-state index contributed by atoms with van der Waals surface area (Å²) >= 11 is 0. The number of hydrogen-bond donors (Lipinski definition) is 0. The molecule has 1 aliphatic heterocycles. The van der Waals surface area contributed by atoms with Crippen molar-refractivity contribution in [1.82, 2.24) is 4.57 Å². The largest absolute Gasteiger partial charge is 0.379 e. The number of sulfonamides is 1. The van der Waals surface area contributed by atoms with E-state index in [0.29, 0.717) is 30.7 Å². The first-order valence-corrected chi connectivity index (χ1v) is 11.0. The molecule has 0 aliphatic carbocycles. The first-order valence-electron chi connectivity index (χ1n) is 9.12. The van der Waals surface area contributed by atoms with Crippen LogP contribution in [0.1, 0.15) is 6.42 Å². The van der Waals surface area contributed by atoms with E-state index in [1.165, 1.54) is 10.6 Å². The number of nitrogens with zero attached hydrogens (tertiary/aromatic N) is 2. The third kappa shape index (κ3) is 3.31. The van der Waals surface area contributed by atoms with E-state index in [2.05, 4.69) is 0 Å². The SMILES string of the molecule is Cn1cc(-c2cccc(N(C3CCOC3)S(C)(=O)=O)c2)c2ccccc2c1=O. The molecule has 6 nitrogen and oxygen atoms in total. The van der Waals surface area contributed by atoms with E-state index >= 15 is 0 Å². The molecule has 7 heteroatoms. The van der Waals surface area contributed by atoms with Crippen molar-refractivity contribution in [3.63, 3.8) is 0 Å². The molecule has 146 valence electrons. The van der Waals surface area contributed by atoms with Crippen LogP contribution in [0.5, 0.6) is 0 Å². The van der Waals surface area contributed by atoms with Gasteiger partial charge in [0.1, 0.15) is 0 Å². The van der Waals surface area contributed by atoms with Gasteiger partial charge in [0.05, 0.1) is 24.6 Å². The molecule has 0 N–H and O–H groups in total. The van der Waals surface area contributed by atoms with Crippen molar-refractivity contribution in [1.29, 1.82) is 0 Å². The molecule has 1 saturated heterocycles. The molecule has 4 rings (SSSR count). The van der Waals surface area contributed by atoms with Gasteiger partial charge in [-0.3, -0.25) is 9.10 Å². The molecule has 3 aromatic rings. The van der Waals surface area contributed by atoms with E-state index in [1.54, 1.807) is 23.9 Å². The van der Waals surface area contributed by atoms with E-state index in [1.807, 2.05) is 42.5 Å². The first-order chi connectivity index (χ1) is 13.4. The molecule has 1 fully saturated rings. The van der Waals surface area contributed by atoms with Crippen LogP contribution in [-0.2, 0) is 21.8 Å². The van der Waals surface area contributed by atoms with Crippen LogP contribution in [0.2, 0.25) is 0 Å². The number of aromatic nitrogens is 1. The van der Waals surface area contributed by atoms with E-state index in [4.69, 9.17) is 4.74 Å². The Labute approximate surface area is 164 Å². The van der Waals surface area contributed by atoms with Gasteiger partial charge in [-0.15, -0.1) is 0 Å². The minimum absolute atomic E-state index is 0.0589. The lowest BCUT2D eigenvalue weighted by Gasteiger charge is -2.28. The lowest BCUT2D eigenvalue weighted by atomic mass is 10.00. The van der Waals surface area contributed by atoms with Gasteiger partial charge in [-0.05, 0) is 35.6 Å². The predicted molar refractivity (Wildman–Crippen MR) is 111 cm³/mol. The van der Waals surface area contributed by atoms with Crippen molar-refractivity contribution in [2.75, 3.05) is 23.8 Å². The third-order valence-electron chi connectivity index (χ3n) is 5.10. The quantitative estimate of drug-likeness (QED) is 0.678. The van der Waals surface area contributed by atoms with Crippen molar-refractivity contribution in [3.05, 3.63) is 65.1 Å². The van der Waals surface area contributed by atoms with Crippen LogP contribution in [0, 0.1) is 0 Å². The van der Waals surface area contributed by atoms with Crippen molar-refractivity contribution < 1.29 is 13.2 Å². The second-order valence-electron chi connectivity index (χ2n) is 7.13. The van der Waals surface area contributed by atoms with E-state index in [0.717, 1.165) is 16.5 Å². The summed E-state index contributed by atoms with van der Waals surface area (Å²) in [5.41, 5.74) is 2.29. The zero-order valence-electron chi connectivity index (χ0n) is 15.8. The number of anilines is 1. The number of aryl methyl sites for hydroxylation is 1. The average Bonchev–Trinajstić information content (AvgIpc) is 3.18. The van der Waals surface area contributed by atoms with E-state index < -0.39 is 10.0 Å². The van der Waals surface area contributed by atoms with Crippen LogP contribution in [0.3, 0.4) is 0 Å². The molecule has 28 heavy (non-hydrogen) atoms. The maximum Gasteiger partial charge on any atom is 0.258 e. The Morgan fingerprint density at radius 1 is 1.11 bits per heavy atom. The highest BCUT2D eigenvalue weighted by Gasteiger charge is 2.30. The Bertz CT molecular complexity index is 1190. The lowest BCUT2D eigenvalue weighted by molar-refractivity contribution is 0.194. The highest BCUT2D eigenvalue weighted by molar-refractivity contribution is 7.92. The van der Waals surface area contributed by atoms with Gasteiger partial charge in [0.25, 0.3) is 5.56 Å². The molecule has 2 heterocycles. The number of ether oxygens (including phenoxy) is 1. The van der Waals surface area contributed by atoms with E-state index in [-0.39, 0.29) is 11.6 Å². The zero-order chi connectivity index (χ0) is 19.9. The van der Waals surface area contributed by atoms with Gasteiger partial charge in [0, 0.05) is 30.8 Å². The van der Waals surface area contributed by atoms with Crippen LogP contribution in [0.4, 0.5) is 5.69 Å². The van der Waals surface area contributed by atoms with Crippen LogP contribution >= 0.6 is 0 Å². The minimum Gasteiger partial charge on any atom is -0.379 e. The number of benzene rings is 2. The van der Waals surface area contributed by atoms with Gasteiger partial charge >= 0.3 is 0 Å².